The van der Waals surface area contributed by atoms with Crippen molar-refractivity contribution in [2.75, 3.05) is 0 Å². The third-order valence-electron chi connectivity index (χ3n) is 2.31. The van der Waals surface area contributed by atoms with Crippen molar-refractivity contribution >= 4 is 11.8 Å². The van der Waals surface area contributed by atoms with Gasteiger partial charge in [0.15, 0.2) is 0 Å². The van der Waals surface area contributed by atoms with Crippen LogP contribution in [0.5, 0.6) is 0 Å². The average Bonchev–Trinajstić information content (AvgIpc) is 2.13. The van der Waals surface area contributed by atoms with Gasteiger partial charge < -0.3 is 9.84 Å². The SMILES string of the molecule is CCC1(O)C(=O)C=C(C(C)C)OC1=O. The monoisotopic (exact) mass is 198 g/mol. The molecule has 1 N–H and O–H groups in total. The van der Waals surface area contributed by atoms with Crippen LogP contribution in [-0.2, 0) is 14.3 Å². The summed E-state index contributed by atoms with van der Waals surface area (Å²) in [7, 11) is 0. The van der Waals surface area contributed by atoms with Crippen molar-refractivity contribution < 1.29 is 19.4 Å². The summed E-state index contributed by atoms with van der Waals surface area (Å²) in [5.41, 5.74) is -1.97. The molecule has 1 atom stereocenters. The molecule has 78 valence electrons. The molecule has 1 aliphatic heterocycles. The molecule has 0 aliphatic carbocycles. The van der Waals surface area contributed by atoms with Crippen molar-refractivity contribution in [1.29, 1.82) is 0 Å². The minimum atomic E-state index is -1.97. The van der Waals surface area contributed by atoms with Crippen molar-refractivity contribution in [2.24, 2.45) is 5.92 Å². The fraction of sp³-hybridized carbons (Fsp3) is 0.600. The molecule has 0 saturated heterocycles. The molecule has 4 heteroatoms. The maximum atomic E-state index is 11.4. The molecule has 0 aromatic heterocycles. The summed E-state index contributed by atoms with van der Waals surface area (Å²) in [6.45, 7) is 5.18. The molecule has 0 fully saturated rings. The fourth-order valence-corrected chi connectivity index (χ4v) is 1.17. The number of cyclic esters (lactones) is 1. The topological polar surface area (TPSA) is 63.6 Å². The number of ketones is 1. The smallest absolute Gasteiger partial charge is 0.351 e. The van der Waals surface area contributed by atoms with Gasteiger partial charge in [0.1, 0.15) is 5.76 Å². The van der Waals surface area contributed by atoms with E-state index in [9.17, 15) is 14.7 Å². The molecule has 0 amide bonds. The Kier molecular flexibility index (Phi) is 2.76. The van der Waals surface area contributed by atoms with Crippen LogP contribution < -0.4 is 0 Å². The zero-order chi connectivity index (χ0) is 10.9. The van der Waals surface area contributed by atoms with Crippen LogP contribution in [0.4, 0.5) is 0 Å². The number of esters is 1. The summed E-state index contributed by atoms with van der Waals surface area (Å²) in [5, 5.41) is 9.65. The molecule has 0 saturated carbocycles. The van der Waals surface area contributed by atoms with E-state index in [0.29, 0.717) is 5.76 Å². The number of hydrogen-bond acceptors (Lipinski definition) is 4. The molecule has 1 heterocycles. The standard InChI is InChI=1S/C10H14O4/c1-4-10(13)8(11)5-7(6(2)3)14-9(10)12/h5-6,13H,4H2,1-3H3. The highest BCUT2D eigenvalue weighted by Gasteiger charge is 2.46. The lowest BCUT2D eigenvalue weighted by molar-refractivity contribution is -0.169. The normalized spacial score (nSPS) is 27.6. The summed E-state index contributed by atoms with van der Waals surface area (Å²) >= 11 is 0. The van der Waals surface area contributed by atoms with E-state index in [-0.39, 0.29) is 12.3 Å². The summed E-state index contributed by atoms with van der Waals surface area (Å²) in [6.07, 6.45) is 1.24. The molecule has 4 nitrogen and oxygen atoms in total. The number of ether oxygens (including phenoxy) is 1. The van der Waals surface area contributed by atoms with E-state index in [0.717, 1.165) is 0 Å². The first-order chi connectivity index (χ1) is 6.41. The molecule has 0 aromatic carbocycles. The number of carbonyl (C=O) groups is 2. The number of hydrogen-bond donors (Lipinski definition) is 1. The predicted octanol–water partition coefficient (Wildman–Crippen LogP) is 0.793. The van der Waals surface area contributed by atoms with E-state index in [1.807, 2.05) is 13.8 Å². The summed E-state index contributed by atoms with van der Waals surface area (Å²) in [6, 6.07) is 0. The Labute approximate surface area is 82.6 Å². The molecule has 0 radical (unpaired) electrons. The highest BCUT2D eigenvalue weighted by atomic mass is 16.6. The molecule has 14 heavy (non-hydrogen) atoms. The summed E-state index contributed by atoms with van der Waals surface area (Å²) < 4.78 is 4.88. The van der Waals surface area contributed by atoms with Crippen molar-refractivity contribution in [3.05, 3.63) is 11.8 Å². The maximum Gasteiger partial charge on any atom is 0.351 e. The Morgan fingerprint density at radius 2 is 2.07 bits per heavy atom. The van der Waals surface area contributed by atoms with E-state index < -0.39 is 17.4 Å². The van der Waals surface area contributed by atoms with E-state index in [2.05, 4.69) is 0 Å². The second-order valence-corrected chi connectivity index (χ2v) is 3.67. The Hall–Kier alpha value is -1.16. The molecule has 1 aliphatic rings. The van der Waals surface area contributed by atoms with Gasteiger partial charge in [-0.3, -0.25) is 4.79 Å². The van der Waals surface area contributed by atoms with E-state index in [1.54, 1.807) is 6.92 Å². The van der Waals surface area contributed by atoms with Gasteiger partial charge in [-0.15, -0.1) is 0 Å². The van der Waals surface area contributed by atoms with Crippen molar-refractivity contribution in [2.45, 2.75) is 32.8 Å². The number of aliphatic hydroxyl groups is 1. The highest BCUT2D eigenvalue weighted by molar-refractivity contribution is 6.14. The Balaban J connectivity index is 3.04. The number of carbonyl (C=O) groups excluding carboxylic acids is 2. The first kappa shape index (κ1) is 10.9. The molecule has 0 bridgehead atoms. The zero-order valence-electron chi connectivity index (χ0n) is 8.53. The average molecular weight is 198 g/mol. The van der Waals surface area contributed by atoms with E-state index >= 15 is 0 Å². The second-order valence-electron chi connectivity index (χ2n) is 3.67. The Bertz CT molecular complexity index is 303. The molecule has 0 aromatic rings. The quantitative estimate of drug-likeness (QED) is 0.526. The summed E-state index contributed by atoms with van der Waals surface area (Å²) in [5.74, 6) is -1.17. The van der Waals surface area contributed by atoms with Gasteiger partial charge in [0.05, 0.1) is 0 Å². The Morgan fingerprint density at radius 3 is 2.43 bits per heavy atom. The van der Waals surface area contributed by atoms with Gasteiger partial charge in [-0.2, -0.15) is 0 Å². The minimum absolute atomic E-state index is 0.0343. The van der Waals surface area contributed by atoms with E-state index in [1.165, 1.54) is 6.08 Å². The molecule has 0 spiro atoms. The largest absolute Gasteiger partial charge is 0.428 e. The van der Waals surface area contributed by atoms with Crippen LogP contribution in [0.2, 0.25) is 0 Å². The third-order valence-corrected chi connectivity index (χ3v) is 2.31. The first-order valence-electron chi connectivity index (χ1n) is 4.62. The van der Waals surface area contributed by atoms with Gasteiger partial charge in [-0.25, -0.2) is 4.79 Å². The zero-order valence-corrected chi connectivity index (χ0v) is 8.53. The van der Waals surface area contributed by atoms with Gasteiger partial charge in [0.2, 0.25) is 11.4 Å². The summed E-state index contributed by atoms with van der Waals surface area (Å²) in [4.78, 5) is 22.8. The van der Waals surface area contributed by atoms with E-state index in [4.69, 9.17) is 4.74 Å². The van der Waals surface area contributed by atoms with Crippen LogP contribution in [0.3, 0.4) is 0 Å². The van der Waals surface area contributed by atoms with Crippen LogP contribution in [0.1, 0.15) is 27.2 Å². The van der Waals surface area contributed by atoms with Crippen LogP contribution >= 0.6 is 0 Å². The van der Waals surface area contributed by atoms with Gasteiger partial charge in [0, 0.05) is 12.0 Å². The van der Waals surface area contributed by atoms with Crippen molar-refractivity contribution in [3.63, 3.8) is 0 Å². The molecular weight excluding hydrogens is 184 g/mol. The molecular formula is C10H14O4. The van der Waals surface area contributed by atoms with Crippen molar-refractivity contribution in [1.82, 2.24) is 0 Å². The second kappa shape index (κ2) is 3.53. The number of rotatable bonds is 2. The highest BCUT2D eigenvalue weighted by Crippen LogP contribution is 2.25. The lowest BCUT2D eigenvalue weighted by atomic mass is 9.91. The van der Waals surface area contributed by atoms with Gasteiger partial charge >= 0.3 is 5.97 Å². The number of allylic oxidation sites excluding steroid dienone is 1. The van der Waals surface area contributed by atoms with Gasteiger partial charge in [0.25, 0.3) is 0 Å². The maximum absolute atomic E-state index is 11.4. The van der Waals surface area contributed by atoms with Crippen LogP contribution in [0.15, 0.2) is 11.8 Å². The lowest BCUT2D eigenvalue weighted by Crippen LogP contribution is -2.49. The molecule has 1 unspecified atom stereocenters. The van der Waals surface area contributed by atoms with Crippen LogP contribution in [0.25, 0.3) is 0 Å². The third kappa shape index (κ3) is 1.57. The van der Waals surface area contributed by atoms with Crippen LogP contribution in [0, 0.1) is 5.92 Å². The first-order valence-corrected chi connectivity index (χ1v) is 4.62. The molecule has 1 rings (SSSR count). The van der Waals surface area contributed by atoms with Gasteiger partial charge in [-0.1, -0.05) is 20.8 Å². The predicted molar refractivity (Wildman–Crippen MR) is 49.3 cm³/mol. The van der Waals surface area contributed by atoms with Crippen molar-refractivity contribution in [3.8, 4) is 0 Å². The van der Waals surface area contributed by atoms with Crippen LogP contribution in [-0.4, -0.2) is 22.5 Å². The fourth-order valence-electron chi connectivity index (χ4n) is 1.17. The lowest BCUT2D eigenvalue weighted by Gasteiger charge is -2.27. The minimum Gasteiger partial charge on any atom is -0.428 e. The Morgan fingerprint density at radius 1 is 1.50 bits per heavy atom. The van der Waals surface area contributed by atoms with Gasteiger partial charge in [-0.05, 0) is 6.42 Å².